The quantitative estimate of drug-likeness (QED) is 0.792. The van der Waals surface area contributed by atoms with Crippen molar-refractivity contribution in [2.24, 2.45) is 0 Å². The summed E-state index contributed by atoms with van der Waals surface area (Å²) in [4.78, 5) is 2.15. The van der Waals surface area contributed by atoms with Crippen LogP contribution in [0.4, 0.5) is 5.95 Å². The van der Waals surface area contributed by atoms with E-state index in [0.29, 0.717) is 23.9 Å². The number of para-hydroxylation sites is 1. The van der Waals surface area contributed by atoms with Gasteiger partial charge in [0.2, 0.25) is 5.95 Å². The van der Waals surface area contributed by atoms with Crippen LogP contribution in [0.25, 0.3) is 0 Å². The maximum atomic E-state index is 6.05. The van der Waals surface area contributed by atoms with Gasteiger partial charge >= 0.3 is 0 Å². The predicted octanol–water partition coefficient (Wildman–Crippen LogP) is 2.17. The van der Waals surface area contributed by atoms with E-state index in [2.05, 4.69) is 32.6 Å². The summed E-state index contributed by atoms with van der Waals surface area (Å²) in [7, 11) is 0. The zero-order valence-electron chi connectivity index (χ0n) is 11.5. The Morgan fingerprint density at radius 1 is 1.24 bits per heavy atom. The van der Waals surface area contributed by atoms with Gasteiger partial charge in [-0.2, -0.15) is 0 Å². The van der Waals surface area contributed by atoms with Crippen LogP contribution in [0.15, 0.2) is 36.4 Å². The Kier molecular flexibility index (Phi) is 4.35. The van der Waals surface area contributed by atoms with Gasteiger partial charge in [-0.15, -0.1) is 0 Å². The van der Waals surface area contributed by atoms with Crippen molar-refractivity contribution in [3.05, 3.63) is 41.4 Å². The van der Waals surface area contributed by atoms with Crippen LogP contribution in [-0.2, 0) is 6.54 Å². The number of hydrogen-bond acceptors (Lipinski definition) is 5. The molecule has 3 rings (SSSR count). The molecule has 0 spiro atoms. The third-order valence-electron chi connectivity index (χ3n) is 3.25. The third kappa shape index (κ3) is 3.33. The standard InChI is InChI=1S/C14H16ClN5O/c15-12-6-2-3-7-13(12)21-11-10-20-14(16-17-18-20)19-8-4-1-5-9-19/h1-4,6-7H,5,8-11H2. The Morgan fingerprint density at radius 3 is 2.95 bits per heavy atom. The number of nitrogens with zero attached hydrogens (tertiary/aromatic N) is 5. The van der Waals surface area contributed by atoms with Gasteiger partial charge in [-0.05, 0) is 29.0 Å². The Morgan fingerprint density at radius 2 is 2.14 bits per heavy atom. The minimum Gasteiger partial charge on any atom is -0.490 e. The van der Waals surface area contributed by atoms with Crippen molar-refractivity contribution < 1.29 is 4.74 Å². The number of tetrazole rings is 1. The lowest BCUT2D eigenvalue weighted by Gasteiger charge is -2.23. The molecule has 0 radical (unpaired) electrons. The molecule has 1 aliphatic heterocycles. The molecule has 21 heavy (non-hydrogen) atoms. The van der Waals surface area contributed by atoms with Gasteiger partial charge in [0, 0.05) is 13.1 Å². The van der Waals surface area contributed by atoms with E-state index >= 15 is 0 Å². The molecule has 0 saturated carbocycles. The SMILES string of the molecule is Clc1ccccc1OCCn1nnnc1N1CC=CCC1. The van der Waals surface area contributed by atoms with E-state index in [9.17, 15) is 0 Å². The molecule has 0 bridgehead atoms. The smallest absolute Gasteiger partial charge is 0.245 e. The summed E-state index contributed by atoms with van der Waals surface area (Å²) in [6, 6.07) is 7.42. The summed E-state index contributed by atoms with van der Waals surface area (Å²) in [6.45, 7) is 2.81. The number of rotatable bonds is 5. The minimum absolute atomic E-state index is 0.464. The molecule has 0 N–H and O–H groups in total. The van der Waals surface area contributed by atoms with Crippen LogP contribution in [0.3, 0.4) is 0 Å². The second-order valence-corrected chi connectivity index (χ2v) is 5.09. The number of benzene rings is 1. The van der Waals surface area contributed by atoms with Gasteiger partial charge in [0.1, 0.15) is 12.4 Å². The first-order valence-corrected chi connectivity index (χ1v) is 7.26. The summed E-state index contributed by atoms with van der Waals surface area (Å²) >= 11 is 6.05. The van der Waals surface area contributed by atoms with E-state index < -0.39 is 0 Å². The fourth-order valence-corrected chi connectivity index (χ4v) is 2.39. The Bertz CT molecular complexity index is 627. The highest BCUT2D eigenvalue weighted by Crippen LogP contribution is 2.23. The summed E-state index contributed by atoms with van der Waals surface area (Å²) in [6.07, 6.45) is 5.32. The van der Waals surface area contributed by atoms with Crippen molar-refractivity contribution in [3.63, 3.8) is 0 Å². The van der Waals surface area contributed by atoms with Crippen LogP contribution in [0.5, 0.6) is 5.75 Å². The Balaban J connectivity index is 1.60. The lowest BCUT2D eigenvalue weighted by molar-refractivity contribution is 0.290. The van der Waals surface area contributed by atoms with Crippen LogP contribution < -0.4 is 9.64 Å². The number of anilines is 1. The molecule has 2 heterocycles. The largest absolute Gasteiger partial charge is 0.490 e. The maximum absolute atomic E-state index is 6.05. The normalized spacial score (nSPS) is 14.4. The highest BCUT2D eigenvalue weighted by Gasteiger charge is 2.15. The minimum atomic E-state index is 0.464. The average molecular weight is 306 g/mol. The second-order valence-electron chi connectivity index (χ2n) is 4.69. The maximum Gasteiger partial charge on any atom is 0.245 e. The molecule has 1 aromatic heterocycles. The van der Waals surface area contributed by atoms with E-state index in [1.807, 2.05) is 18.2 Å². The van der Waals surface area contributed by atoms with Gasteiger partial charge in [-0.3, -0.25) is 0 Å². The topological polar surface area (TPSA) is 56.1 Å². The third-order valence-corrected chi connectivity index (χ3v) is 3.56. The van der Waals surface area contributed by atoms with Crippen molar-refractivity contribution in [1.29, 1.82) is 0 Å². The van der Waals surface area contributed by atoms with Crippen molar-refractivity contribution >= 4 is 17.5 Å². The first-order valence-electron chi connectivity index (χ1n) is 6.88. The molecule has 0 saturated heterocycles. The monoisotopic (exact) mass is 305 g/mol. The van der Waals surface area contributed by atoms with Crippen LogP contribution in [-0.4, -0.2) is 39.9 Å². The highest BCUT2D eigenvalue weighted by atomic mass is 35.5. The number of ether oxygens (including phenoxy) is 1. The molecule has 0 unspecified atom stereocenters. The number of hydrogen-bond donors (Lipinski definition) is 0. The first kappa shape index (κ1) is 13.9. The summed E-state index contributed by atoms with van der Waals surface area (Å²) < 4.78 is 7.43. The Hall–Kier alpha value is -2.08. The zero-order valence-corrected chi connectivity index (χ0v) is 12.3. The fourth-order valence-electron chi connectivity index (χ4n) is 2.20. The van der Waals surface area contributed by atoms with E-state index in [1.165, 1.54) is 0 Å². The van der Waals surface area contributed by atoms with Crippen LogP contribution >= 0.6 is 11.6 Å². The lowest BCUT2D eigenvalue weighted by Crippen LogP contribution is -2.30. The molecule has 0 fully saturated rings. The molecule has 7 heteroatoms. The summed E-state index contributed by atoms with van der Waals surface area (Å²) in [5.74, 6) is 1.46. The van der Waals surface area contributed by atoms with Gasteiger partial charge in [0.15, 0.2) is 0 Å². The highest BCUT2D eigenvalue weighted by molar-refractivity contribution is 6.32. The van der Waals surface area contributed by atoms with Gasteiger partial charge in [-0.1, -0.05) is 41.0 Å². The van der Waals surface area contributed by atoms with E-state index in [4.69, 9.17) is 16.3 Å². The van der Waals surface area contributed by atoms with Crippen molar-refractivity contribution in [2.45, 2.75) is 13.0 Å². The lowest BCUT2D eigenvalue weighted by atomic mass is 10.3. The van der Waals surface area contributed by atoms with E-state index in [1.54, 1.807) is 10.7 Å². The molecule has 1 aliphatic rings. The number of aromatic nitrogens is 4. The predicted molar refractivity (Wildman–Crippen MR) is 80.7 cm³/mol. The van der Waals surface area contributed by atoms with Crippen LogP contribution in [0.1, 0.15) is 6.42 Å². The average Bonchev–Trinajstić information content (AvgIpc) is 2.99. The molecular weight excluding hydrogens is 290 g/mol. The molecule has 0 atom stereocenters. The molecule has 6 nitrogen and oxygen atoms in total. The van der Waals surface area contributed by atoms with Crippen molar-refractivity contribution in [2.75, 3.05) is 24.6 Å². The Labute approximate surface area is 128 Å². The zero-order chi connectivity index (χ0) is 14.5. The van der Waals surface area contributed by atoms with Gasteiger partial charge in [0.25, 0.3) is 0 Å². The molecule has 0 amide bonds. The molecule has 1 aromatic carbocycles. The molecule has 0 aliphatic carbocycles. The van der Waals surface area contributed by atoms with Gasteiger partial charge in [-0.25, -0.2) is 4.68 Å². The van der Waals surface area contributed by atoms with Crippen LogP contribution in [0.2, 0.25) is 5.02 Å². The van der Waals surface area contributed by atoms with Gasteiger partial charge in [0.05, 0.1) is 11.6 Å². The van der Waals surface area contributed by atoms with Crippen LogP contribution in [0, 0.1) is 0 Å². The van der Waals surface area contributed by atoms with Crippen molar-refractivity contribution in [1.82, 2.24) is 20.2 Å². The summed E-state index contributed by atoms with van der Waals surface area (Å²) in [5.41, 5.74) is 0. The second kappa shape index (κ2) is 6.58. The fraction of sp³-hybridized carbons (Fsp3) is 0.357. The van der Waals surface area contributed by atoms with E-state index in [-0.39, 0.29) is 0 Å². The first-order chi connectivity index (χ1) is 10.3. The van der Waals surface area contributed by atoms with E-state index in [0.717, 1.165) is 25.5 Å². The van der Waals surface area contributed by atoms with Crippen molar-refractivity contribution in [3.8, 4) is 5.75 Å². The van der Waals surface area contributed by atoms with Gasteiger partial charge < -0.3 is 9.64 Å². The molecule has 110 valence electrons. The molecular formula is C14H16ClN5O. The molecule has 2 aromatic rings. The number of halogens is 1. The summed E-state index contributed by atoms with van der Waals surface area (Å²) in [5, 5.41) is 12.5.